The Morgan fingerprint density at radius 3 is 2.84 bits per heavy atom. The van der Waals surface area contributed by atoms with Gasteiger partial charge < -0.3 is 15.8 Å². The van der Waals surface area contributed by atoms with E-state index in [9.17, 15) is 4.79 Å². The van der Waals surface area contributed by atoms with Crippen molar-refractivity contribution in [3.8, 4) is 0 Å². The molecule has 0 aliphatic heterocycles. The normalized spacial score (nSPS) is 11.0. The number of hydrogen-bond acceptors (Lipinski definition) is 4. The van der Waals surface area contributed by atoms with Crippen LogP contribution >= 0.6 is 0 Å². The van der Waals surface area contributed by atoms with E-state index in [1.807, 2.05) is 37.9 Å². The summed E-state index contributed by atoms with van der Waals surface area (Å²) in [5, 5.41) is 2.81. The summed E-state index contributed by atoms with van der Waals surface area (Å²) in [6.45, 7) is 5.66. The molecule has 0 atom stereocenters. The van der Waals surface area contributed by atoms with Gasteiger partial charge in [-0.2, -0.15) is 0 Å². The van der Waals surface area contributed by atoms with Crippen LogP contribution in [0.1, 0.15) is 13.8 Å². The predicted octanol–water partition coefficient (Wildman–Crippen LogP) is 1.56. The van der Waals surface area contributed by atoms with Crippen molar-refractivity contribution in [2.75, 3.05) is 37.8 Å². The number of carbonyl (C=O) groups is 1. The zero-order chi connectivity index (χ0) is 14.3. The van der Waals surface area contributed by atoms with E-state index < -0.39 is 0 Å². The first-order valence-electron chi connectivity index (χ1n) is 6.43. The molecule has 0 unspecified atom stereocenters. The van der Waals surface area contributed by atoms with Crippen LogP contribution in [0, 0.1) is 0 Å². The molecule has 19 heavy (non-hydrogen) atoms. The summed E-state index contributed by atoms with van der Waals surface area (Å²) in [7, 11) is 1.89. The van der Waals surface area contributed by atoms with Crippen LogP contribution in [0.2, 0.25) is 0 Å². The second-order valence-corrected chi connectivity index (χ2v) is 4.83. The molecular formula is C14H23N3O2. The van der Waals surface area contributed by atoms with Crippen molar-refractivity contribution >= 4 is 17.3 Å². The van der Waals surface area contributed by atoms with E-state index in [-0.39, 0.29) is 12.0 Å². The Kier molecular flexibility index (Phi) is 6.32. The van der Waals surface area contributed by atoms with E-state index in [1.165, 1.54) is 0 Å². The van der Waals surface area contributed by atoms with Crippen LogP contribution < -0.4 is 11.1 Å². The summed E-state index contributed by atoms with van der Waals surface area (Å²) < 4.78 is 5.44. The maximum absolute atomic E-state index is 11.8. The first kappa shape index (κ1) is 15.5. The molecule has 0 saturated carbocycles. The quantitative estimate of drug-likeness (QED) is 0.734. The first-order valence-corrected chi connectivity index (χ1v) is 6.43. The molecule has 0 heterocycles. The molecule has 0 aliphatic rings. The van der Waals surface area contributed by atoms with Crippen LogP contribution in [0.4, 0.5) is 11.4 Å². The number of likely N-dealkylation sites (N-methyl/N-ethyl adjacent to an activating group) is 1. The molecule has 1 aromatic rings. The number of benzene rings is 1. The maximum atomic E-state index is 11.8. The Hall–Kier alpha value is -1.59. The highest BCUT2D eigenvalue weighted by atomic mass is 16.5. The van der Waals surface area contributed by atoms with Crippen LogP contribution in [-0.2, 0) is 9.53 Å². The third kappa shape index (κ3) is 6.79. The largest absolute Gasteiger partial charge is 0.399 e. The van der Waals surface area contributed by atoms with Crippen LogP contribution in [0.25, 0.3) is 0 Å². The van der Waals surface area contributed by atoms with Gasteiger partial charge in [-0.3, -0.25) is 9.69 Å². The highest BCUT2D eigenvalue weighted by Crippen LogP contribution is 2.11. The number of rotatable bonds is 7. The average molecular weight is 265 g/mol. The molecule has 0 bridgehead atoms. The third-order valence-corrected chi connectivity index (χ3v) is 2.51. The molecule has 0 fully saturated rings. The number of nitrogens with zero attached hydrogens (tertiary/aromatic N) is 1. The van der Waals surface area contributed by atoms with Crippen LogP contribution in [0.5, 0.6) is 0 Å². The van der Waals surface area contributed by atoms with E-state index >= 15 is 0 Å². The number of nitrogens with two attached hydrogens (primary N) is 1. The highest BCUT2D eigenvalue weighted by molar-refractivity contribution is 5.92. The minimum Gasteiger partial charge on any atom is -0.399 e. The summed E-state index contributed by atoms with van der Waals surface area (Å²) in [5.74, 6) is -0.0577. The molecule has 0 spiro atoms. The minimum absolute atomic E-state index is 0.0577. The summed E-state index contributed by atoms with van der Waals surface area (Å²) in [4.78, 5) is 13.7. The molecule has 0 radical (unpaired) electrons. The van der Waals surface area contributed by atoms with Crippen LogP contribution in [-0.4, -0.2) is 43.7 Å². The molecule has 1 amide bonds. The van der Waals surface area contributed by atoms with Gasteiger partial charge in [0.25, 0.3) is 0 Å². The van der Waals surface area contributed by atoms with E-state index in [4.69, 9.17) is 10.5 Å². The van der Waals surface area contributed by atoms with E-state index in [1.54, 1.807) is 12.1 Å². The second-order valence-electron chi connectivity index (χ2n) is 4.83. The molecule has 1 aromatic carbocycles. The molecule has 1 rings (SSSR count). The fraction of sp³-hybridized carbons (Fsp3) is 0.500. The number of nitrogens with one attached hydrogen (secondary N) is 1. The van der Waals surface area contributed by atoms with Gasteiger partial charge >= 0.3 is 0 Å². The van der Waals surface area contributed by atoms with E-state index in [2.05, 4.69) is 5.32 Å². The van der Waals surface area contributed by atoms with Crippen molar-refractivity contribution < 1.29 is 9.53 Å². The lowest BCUT2D eigenvalue weighted by atomic mass is 10.3. The highest BCUT2D eigenvalue weighted by Gasteiger charge is 2.07. The Morgan fingerprint density at radius 2 is 2.21 bits per heavy atom. The van der Waals surface area contributed by atoms with Crippen molar-refractivity contribution in [1.29, 1.82) is 0 Å². The Morgan fingerprint density at radius 1 is 1.47 bits per heavy atom. The fourth-order valence-corrected chi connectivity index (χ4v) is 1.59. The molecule has 0 saturated heterocycles. The predicted molar refractivity (Wildman–Crippen MR) is 78.1 cm³/mol. The Labute approximate surface area is 114 Å². The van der Waals surface area contributed by atoms with E-state index in [0.29, 0.717) is 18.8 Å². The number of amides is 1. The zero-order valence-electron chi connectivity index (χ0n) is 11.8. The lowest BCUT2D eigenvalue weighted by molar-refractivity contribution is -0.117. The smallest absolute Gasteiger partial charge is 0.238 e. The van der Waals surface area contributed by atoms with Crippen molar-refractivity contribution in [3.63, 3.8) is 0 Å². The van der Waals surface area contributed by atoms with Gasteiger partial charge in [0.2, 0.25) is 5.91 Å². The van der Waals surface area contributed by atoms with Gasteiger partial charge in [-0.05, 0) is 39.1 Å². The SMILES string of the molecule is CC(C)OCCN(C)CC(=O)Nc1cccc(N)c1. The van der Waals surface area contributed by atoms with Gasteiger partial charge in [0, 0.05) is 17.9 Å². The minimum atomic E-state index is -0.0577. The monoisotopic (exact) mass is 265 g/mol. The van der Waals surface area contributed by atoms with Crippen molar-refractivity contribution in [3.05, 3.63) is 24.3 Å². The number of ether oxygens (including phenoxy) is 1. The number of nitrogen functional groups attached to an aromatic ring is 1. The van der Waals surface area contributed by atoms with Crippen molar-refractivity contribution in [2.45, 2.75) is 20.0 Å². The third-order valence-electron chi connectivity index (χ3n) is 2.51. The van der Waals surface area contributed by atoms with Crippen LogP contribution in [0.15, 0.2) is 24.3 Å². The number of carbonyl (C=O) groups excluding carboxylic acids is 1. The van der Waals surface area contributed by atoms with Gasteiger partial charge in [0.05, 0.1) is 19.3 Å². The van der Waals surface area contributed by atoms with Crippen LogP contribution in [0.3, 0.4) is 0 Å². The summed E-state index contributed by atoms with van der Waals surface area (Å²) >= 11 is 0. The first-order chi connectivity index (χ1) is 8.97. The van der Waals surface area contributed by atoms with Gasteiger partial charge in [0.1, 0.15) is 0 Å². The van der Waals surface area contributed by atoms with Gasteiger partial charge in [-0.25, -0.2) is 0 Å². The molecule has 3 N–H and O–H groups in total. The standard InChI is InChI=1S/C14H23N3O2/c1-11(2)19-8-7-17(3)10-14(18)16-13-6-4-5-12(15)9-13/h4-6,9,11H,7-8,10,15H2,1-3H3,(H,16,18). The topological polar surface area (TPSA) is 67.6 Å². The van der Waals surface area contributed by atoms with E-state index in [0.717, 1.165) is 12.2 Å². The summed E-state index contributed by atoms with van der Waals surface area (Å²) in [6.07, 6.45) is 0.217. The summed E-state index contributed by atoms with van der Waals surface area (Å²) in [5.41, 5.74) is 7.01. The Balaban J connectivity index is 2.30. The molecule has 5 heteroatoms. The number of anilines is 2. The molecular weight excluding hydrogens is 242 g/mol. The average Bonchev–Trinajstić information content (AvgIpc) is 2.27. The number of hydrogen-bond donors (Lipinski definition) is 2. The van der Waals surface area contributed by atoms with Crippen molar-refractivity contribution in [2.24, 2.45) is 0 Å². The van der Waals surface area contributed by atoms with Gasteiger partial charge in [-0.15, -0.1) is 0 Å². The van der Waals surface area contributed by atoms with Crippen molar-refractivity contribution in [1.82, 2.24) is 4.90 Å². The zero-order valence-corrected chi connectivity index (χ0v) is 11.8. The second kappa shape index (κ2) is 7.76. The molecule has 0 aromatic heterocycles. The van der Waals surface area contributed by atoms with Gasteiger partial charge in [0.15, 0.2) is 0 Å². The van der Waals surface area contributed by atoms with Gasteiger partial charge in [-0.1, -0.05) is 6.07 Å². The lowest BCUT2D eigenvalue weighted by Gasteiger charge is -2.17. The Bertz CT molecular complexity index is 407. The fourth-order valence-electron chi connectivity index (χ4n) is 1.59. The molecule has 106 valence electrons. The maximum Gasteiger partial charge on any atom is 0.238 e. The lowest BCUT2D eigenvalue weighted by Crippen LogP contribution is -2.33. The summed E-state index contributed by atoms with van der Waals surface area (Å²) in [6, 6.07) is 7.14. The molecule has 5 nitrogen and oxygen atoms in total. The molecule has 0 aliphatic carbocycles.